The van der Waals surface area contributed by atoms with Crippen molar-refractivity contribution in [3.8, 4) is 0 Å². The zero-order valence-electron chi connectivity index (χ0n) is 10.4. The maximum atomic E-state index is 12.1. The van der Waals surface area contributed by atoms with Crippen LogP contribution >= 0.6 is 0 Å². The molecule has 0 atom stereocenters. The standard InChI is InChI=1S/C13H13F3N2O/c1-2-18-12-6-4-3-5-10(12)11(17-18)7-9(19)8-13(14,15)16/h3-6H,2,7-8H2,1H3. The maximum absolute atomic E-state index is 12.1. The number of para-hydroxylation sites is 1. The van der Waals surface area contributed by atoms with Gasteiger partial charge in [-0.3, -0.25) is 9.48 Å². The highest BCUT2D eigenvalue weighted by molar-refractivity contribution is 5.88. The van der Waals surface area contributed by atoms with Gasteiger partial charge in [0.2, 0.25) is 0 Å². The zero-order valence-corrected chi connectivity index (χ0v) is 10.4. The van der Waals surface area contributed by atoms with E-state index in [9.17, 15) is 18.0 Å². The summed E-state index contributed by atoms with van der Waals surface area (Å²) in [6.07, 6.45) is -6.15. The van der Waals surface area contributed by atoms with Crippen molar-refractivity contribution < 1.29 is 18.0 Å². The largest absolute Gasteiger partial charge is 0.395 e. The highest BCUT2D eigenvalue weighted by Gasteiger charge is 2.31. The number of aromatic nitrogens is 2. The Morgan fingerprint density at radius 1 is 1.32 bits per heavy atom. The van der Waals surface area contributed by atoms with Crippen molar-refractivity contribution in [1.29, 1.82) is 0 Å². The van der Waals surface area contributed by atoms with Gasteiger partial charge >= 0.3 is 6.18 Å². The number of carbonyl (C=O) groups excluding carboxylic acids is 1. The number of rotatable bonds is 4. The van der Waals surface area contributed by atoms with Crippen LogP contribution in [-0.4, -0.2) is 21.7 Å². The van der Waals surface area contributed by atoms with Crippen molar-refractivity contribution in [2.24, 2.45) is 0 Å². The van der Waals surface area contributed by atoms with Gasteiger partial charge < -0.3 is 0 Å². The van der Waals surface area contributed by atoms with Gasteiger partial charge in [-0.1, -0.05) is 18.2 Å². The number of aryl methyl sites for hydroxylation is 1. The minimum absolute atomic E-state index is 0.285. The zero-order chi connectivity index (χ0) is 14.0. The second-order valence-electron chi connectivity index (χ2n) is 4.29. The Bertz CT molecular complexity index is 601. The first-order valence-corrected chi connectivity index (χ1v) is 5.93. The van der Waals surface area contributed by atoms with E-state index in [0.29, 0.717) is 12.2 Å². The highest BCUT2D eigenvalue weighted by Crippen LogP contribution is 2.23. The summed E-state index contributed by atoms with van der Waals surface area (Å²) < 4.78 is 38.1. The van der Waals surface area contributed by atoms with Crippen molar-refractivity contribution in [3.63, 3.8) is 0 Å². The molecule has 2 aromatic rings. The summed E-state index contributed by atoms with van der Waals surface area (Å²) in [5, 5.41) is 4.94. The van der Waals surface area contributed by atoms with Gasteiger partial charge in [0.1, 0.15) is 12.2 Å². The lowest BCUT2D eigenvalue weighted by Crippen LogP contribution is -2.16. The summed E-state index contributed by atoms with van der Waals surface area (Å²) >= 11 is 0. The number of ketones is 1. The van der Waals surface area contributed by atoms with E-state index in [1.807, 2.05) is 19.1 Å². The molecule has 0 aliphatic rings. The minimum atomic E-state index is -4.46. The monoisotopic (exact) mass is 270 g/mol. The third kappa shape index (κ3) is 3.13. The number of hydrogen-bond acceptors (Lipinski definition) is 2. The number of hydrogen-bond donors (Lipinski definition) is 0. The van der Waals surface area contributed by atoms with Gasteiger partial charge in [0.15, 0.2) is 0 Å². The Morgan fingerprint density at radius 3 is 2.63 bits per heavy atom. The summed E-state index contributed by atoms with van der Waals surface area (Å²) in [4.78, 5) is 11.4. The predicted molar refractivity (Wildman–Crippen MR) is 64.8 cm³/mol. The van der Waals surface area contributed by atoms with Gasteiger partial charge in [-0.2, -0.15) is 18.3 Å². The summed E-state index contributed by atoms with van der Waals surface area (Å²) in [6.45, 7) is 2.49. The van der Waals surface area contributed by atoms with E-state index < -0.39 is 18.4 Å². The second kappa shape index (κ2) is 5.03. The van der Waals surface area contributed by atoms with Crippen LogP contribution in [0.25, 0.3) is 10.9 Å². The van der Waals surface area contributed by atoms with Crippen LogP contribution in [0.15, 0.2) is 24.3 Å². The van der Waals surface area contributed by atoms with Gasteiger partial charge in [0, 0.05) is 11.9 Å². The van der Waals surface area contributed by atoms with Crippen LogP contribution in [0.5, 0.6) is 0 Å². The highest BCUT2D eigenvalue weighted by atomic mass is 19.4. The molecule has 0 fully saturated rings. The Hall–Kier alpha value is -1.85. The second-order valence-corrected chi connectivity index (χ2v) is 4.29. The Kier molecular flexibility index (Phi) is 3.59. The van der Waals surface area contributed by atoms with Crippen molar-refractivity contribution in [1.82, 2.24) is 9.78 Å². The Balaban J connectivity index is 2.28. The molecule has 0 saturated heterocycles. The third-order valence-corrected chi connectivity index (χ3v) is 2.80. The Labute approximate surface area is 108 Å². The number of Topliss-reactive ketones (excluding diaryl/α,β-unsaturated/α-hetero) is 1. The normalized spacial score (nSPS) is 12.0. The molecule has 0 aliphatic heterocycles. The first-order valence-electron chi connectivity index (χ1n) is 5.93. The molecule has 19 heavy (non-hydrogen) atoms. The van der Waals surface area contributed by atoms with Gasteiger partial charge in [0.25, 0.3) is 0 Å². The van der Waals surface area contributed by atoms with Crippen LogP contribution in [-0.2, 0) is 17.8 Å². The number of fused-ring (bicyclic) bond motifs is 1. The molecule has 0 aliphatic carbocycles. The average molecular weight is 270 g/mol. The van der Waals surface area contributed by atoms with Crippen molar-refractivity contribution in [2.75, 3.05) is 0 Å². The molecule has 6 heteroatoms. The van der Waals surface area contributed by atoms with Gasteiger partial charge in [-0.05, 0) is 13.0 Å². The van der Waals surface area contributed by atoms with E-state index in [0.717, 1.165) is 10.9 Å². The van der Waals surface area contributed by atoms with E-state index in [4.69, 9.17) is 0 Å². The molecule has 1 aromatic heterocycles. The predicted octanol–water partition coefficient (Wildman–Crippen LogP) is 3.12. The first-order chi connectivity index (χ1) is 8.90. The molecular weight excluding hydrogens is 257 g/mol. The fourth-order valence-electron chi connectivity index (χ4n) is 2.04. The van der Waals surface area contributed by atoms with Crippen molar-refractivity contribution in [2.45, 2.75) is 32.5 Å². The molecule has 102 valence electrons. The summed E-state index contributed by atoms with van der Waals surface area (Å²) in [5.74, 6) is -0.862. The molecule has 0 radical (unpaired) electrons. The van der Waals surface area contributed by atoms with Crippen LogP contribution in [0.3, 0.4) is 0 Å². The van der Waals surface area contributed by atoms with E-state index in [-0.39, 0.29) is 6.42 Å². The van der Waals surface area contributed by atoms with Gasteiger partial charge in [-0.25, -0.2) is 0 Å². The lowest BCUT2D eigenvalue weighted by atomic mass is 10.1. The molecule has 3 nitrogen and oxygen atoms in total. The van der Waals surface area contributed by atoms with E-state index in [1.54, 1.807) is 16.8 Å². The van der Waals surface area contributed by atoms with Crippen LogP contribution in [0.1, 0.15) is 19.0 Å². The number of halogens is 3. The van der Waals surface area contributed by atoms with Crippen LogP contribution in [0, 0.1) is 0 Å². The first kappa shape index (κ1) is 13.6. The lowest BCUT2D eigenvalue weighted by Gasteiger charge is -2.03. The molecule has 0 amide bonds. The Morgan fingerprint density at radius 2 is 2.00 bits per heavy atom. The van der Waals surface area contributed by atoms with Crippen LogP contribution in [0.2, 0.25) is 0 Å². The summed E-state index contributed by atoms with van der Waals surface area (Å²) in [7, 11) is 0. The number of carbonyl (C=O) groups is 1. The molecule has 0 saturated carbocycles. The number of alkyl halides is 3. The summed E-state index contributed by atoms with van der Waals surface area (Å²) in [6, 6.07) is 7.22. The molecule has 2 rings (SSSR count). The van der Waals surface area contributed by atoms with Gasteiger partial charge in [-0.15, -0.1) is 0 Å². The fraction of sp³-hybridized carbons (Fsp3) is 0.385. The quantitative estimate of drug-likeness (QED) is 0.855. The molecule has 0 spiro atoms. The molecule has 1 heterocycles. The topological polar surface area (TPSA) is 34.9 Å². The van der Waals surface area contributed by atoms with Crippen LogP contribution in [0.4, 0.5) is 13.2 Å². The number of benzene rings is 1. The lowest BCUT2D eigenvalue weighted by molar-refractivity contribution is -0.151. The maximum Gasteiger partial charge on any atom is 0.395 e. The SMILES string of the molecule is CCn1nc(CC(=O)CC(F)(F)F)c2ccccc21. The summed E-state index contributed by atoms with van der Waals surface area (Å²) in [5.41, 5.74) is 1.24. The molecule has 1 aromatic carbocycles. The smallest absolute Gasteiger partial charge is 0.299 e. The third-order valence-electron chi connectivity index (χ3n) is 2.80. The van der Waals surface area contributed by atoms with Crippen molar-refractivity contribution in [3.05, 3.63) is 30.0 Å². The fourth-order valence-corrected chi connectivity index (χ4v) is 2.04. The van der Waals surface area contributed by atoms with Crippen molar-refractivity contribution >= 4 is 16.7 Å². The molecule has 0 N–H and O–H groups in total. The molecule has 0 bridgehead atoms. The minimum Gasteiger partial charge on any atom is -0.299 e. The van der Waals surface area contributed by atoms with E-state index >= 15 is 0 Å². The van der Waals surface area contributed by atoms with Gasteiger partial charge in [0.05, 0.1) is 17.6 Å². The van der Waals surface area contributed by atoms with E-state index in [2.05, 4.69) is 5.10 Å². The van der Waals surface area contributed by atoms with Crippen LogP contribution < -0.4 is 0 Å². The number of nitrogens with zero attached hydrogens (tertiary/aromatic N) is 2. The molecule has 0 unspecified atom stereocenters. The van der Waals surface area contributed by atoms with E-state index in [1.165, 1.54) is 0 Å². The average Bonchev–Trinajstić information content (AvgIpc) is 2.65. The molecular formula is C13H13F3N2O.